The third-order valence-electron chi connectivity index (χ3n) is 5.60. The van der Waals surface area contributed by atoms with Crippen molar-refractivity contribution in [3.8, 4) is 34.2 Å². The molecule has 2 aromatic carbocycles. The van der Waals surface area contributed by atoms with Crippen LogP contribution in [0.3, 0.4) is 0 Å². The molecule has 160 valence electrons. The Morgan fingerprint density at radius 2 is 2.09 bits per heavy atom. The number of nitrogens with two attached hydrogens (primary N) is 1. The Hall–Kier alpha value is -3.67. The number of hydrogen-bond donors (Lipinski definition) is 2. The van der Waals surface area contributed by atoms with Crippen molar-refractivity contribution in [2.24, 2.45) is 12.8 Å². The molecule has 0 saturated heterocycles. The highest BCUT2D eigenvalue weighted by atomic mass is 35.5. The molecule has 1 aliphatic carbocycles. The van der Waals surface area contributed by atoms with Crippen molar-refractivity contribution < 1.29 is 4.74 Å². The molecule has 0 radical (unpaired) electrons. The number of halogens is 1. The van der Waals surface area contributed by atoms with Crippen LogP contribution in [0.2, 0.25) is 5.02 Å². The van der Waals surface area contributed by atoms with E-state index in [0.717, 1.165) is 29.7 Å². The summed E-state index contributed by atoms with van der Waals surface area (Å²) >= 11 is 6.37. The van der Waals surface area contributed by atoms with Gasteiger partial charge in [0, 0.05) is 30.1 Å². The number of benzene rings is 2. The molecular weight excluding hydrogens is 428 g/mol. The highest BCUT2D eigenvalue weighted by molar-refractivity contribution is 6.32. The molecule has 4 aromatic rings. The van der Waals surface area contributed by atoms with Gasteiger partial charge in [-0.25, -0.2) is 5.10 Å². The molecular formula is C23H19ClN6O2. The number of nitriles is 1. The molecule has 1 aliphatic rings. The smallest absolute Gasteiger partial charge is 0.272 e. The zero-order chi connectivity index (χ0) is 22.4. The summed E-state index contributed by atoms with van der Waals surface area (Å²) in [5.74, 6) is 0.404. The molecule has 0 amide bonds. The van der Waals surface area contributed by atoms with E-state index in [0.29, 0.717) is 38.4 Å². The van der Waals surface area contributed by atoms with Gasteiger partial charge in [-0.15, -0.1) is 0 Å². The second-order valence-corrected chi connectivity index (χ2v) is 8.13. The van der Waals surface area contributed by atoms with Gasteiger partial charge in [0.25, 0.3) is 5.56 Å². The molecule has 1 fully saturated rings. The SMILES string of the molecule is Cn1ncc(-c2ccc3c(=O)[nH]nc(CN)c3c2)c1-c1ccc(Cl)c(OC2CC2)c1C#N. The topological polar surface area (TPSA) is 123 Å². The van der Waals surface area contributed by atoms with Gasteiger partial charge in [0.05, 0.1) is 34.1 Å². The van der Waals surface area contributed by atoms with Crippen LogP contribution in [-0.4, -0.2) is 26.1 Å². The first kappa shape index (κ1) is 20.2. The van der Waals surface area contributed by atoms with E-state index in [2.05, 4.69) is 21.4 Å². The van der Waals surface area contributed by atoms with E-state index in [9.17, 15) is 10.1 Å². The van der Waals surface area contributed by atoms with Gasteiger partial charge in [0.15, 0.2) is 5.75 Å². The number of nitrogens with one attached hydrogen (secondary N) is 1. The molecule has 0 bridgehead atoms. The van der Waals surface area contributed by atoms with Gasteiger partial charge in [0.1, 0.15) is 11.6 Å². The lowest BCUT2D eigenvalue weighted by molar-refractivity contribution is 0.302. The van der Waals surface area contributed by atoms with Crippen LogP contribution in [0.25, 0.3) is 33.2 Å². The lowest BCUT2D eigenvalue weighted by Gasteiger charge is -2.14. The van der Waals surface area contributed by atoms with Gasteiger partial charge in [-0.3, -0.25) is 9.48 Å². The summed E-state index contributed by atoms with van der Waals surface area (Å²) < 4.78 is 7.67. The minimum absolute atomic E-state index is 0.0987. The summed E-state index contributed by atoms with van der Waals surface area (Å²) in [6.45, 7) is 0.189. The molecule has 9 heteroatoms. The average Bonchev–Trinajstić information content (AvgIpc) is 3.54. The van der Waals surface area contributed by atoms with Gasteiger partial charge in [-0.05, 0) is 42.7 Å². The minimum Gasteiger partial charge on any atom is -0.487 e. The molecule has 1 saturated carbocycles. The Morgan fingerprint density at radius 3 is 2.81 bits per heavy atom. The van der Waals surface area contributed by atoms with Crippen LogP contribution in [-0.2, 0) is 13.6 Å². The third-order valence-corrected chi connectivity index (χ3v) is 5.89. The van der Waals surface area contributed by atoms with Crippen molar-refractivity contribution in [1.29, 1.82) is 5.26 Å². The molecule has 0 aliphatic heterocycles. The van der Waals surface area contributed by atoms with E-state index in [1.807, 2.05) is 19.2 Å². The Bertz CT molecular complexity index is 1460. The van der Waals surface area contributed by atoms with Crippen LogP contribution in [0, 0.1) is 11.3 Å². The summed E-state index contributed by atoms with van der Waals surface area (Å²) in [4.78, 5) is 12.2. The second kappa shape index (κ2) is 7.79. The van der Waals surface area contributed by atoms with Crippen molar-refractivity contribution in [3.05, 3.63) is 63.2 Å². The zero-order valence-corrected chi connectivity index (χ0v) is 18.0. The number of H-pyrrole nitrogens is 1. The minimum atomic E-state index is -0.276. The van der Waals surface area contributed by atoms with Gasteiger partial charge in [-0.1, -0.05) is 17.7 Å². The molecule has 0 atom stereocenters. The van der Waals surface area contributed by atoms with E-state index >= 15 is 0 Å². The van der Waals surface area contributed by atoms with Gasteiger partial charge >= 0.3 is 0 Å². The second-order valence-electron chi connectivity index (χ2n) is 7.72. The van der Waals surface area contributed by atoms with Crippen LogP contribution in [0.15, 0.2) is 41.3 Å². The lowest BCUT2D eigenvalue weighted by atomic mass is 9.96. The maximum atomic E-state index is 12.2. The summed E-state index contributed by atoms with van der Waals surface area (Å²) in [7, 11) is 1.81. The van der Waals surface area contributed by atoms with Crippen molar-refractivity contribution in [1.82, 2.24) is 20.0 Å². The first-order valence-electron chi connectivity index (χ1n) is 10.1. The summed E-state index contributed by atoms with van der Waals surface area (Å²) in [6.07, 6.45) is 3.74. The molecule has 0 unspecified atom stereocenters. The van der Waals surface area contributed by atoms with Crippen LogP contribution >= 0.6 is 11.6 Å². The van der Waals surface area contributed by atoms with Gasteiger partial charge < -0.3 is 10.5 Å². The molecule has 3 N–H and O–H groups in total. The molecule has 2 aromatic heterocycles. The maximum Gasteiger partial charge on any atom is 0.272 e. The van der Waals surface area contributed by atoms with Crippen molar-refractivity contribution >= 4 is 22.4 Å². The quantitative estimate of drug-likeness (QED) is 0.483. The fourth-order valence-corrected chi connectivity index (χ4v) is 4.05. The fraction of sp³-hybridized carbons (Fsp3) is 0.217. The summed E-state index contributed by atoms with van der Waals surface area (Å²) in [6, 6.07) is 11.3. The highest BCUT2D eigenvalue weighted by Gasteiger charge is 2.28. The number of fused-ring (bicyclic) bond motifs is 1. The fourth-order valence-electron chi connectivity index (χ4n) is 3.84. The lowest BCUT2D eigenvalue weighted by Crippen LogP contribution is -2.13. The van der Waals surface area contributed by atoms with Crippen LogP contribution in [0.1, 0.15) is 24.1 Å². The van der Waals surface area contributed by atoms with E-state index in [1.165, 1.54) is 0 Å². The van der Waals surface area contributed by atoms with E-state index < -0.39 is 0 Å². The van der Waals surface area contributed by atoms with Gasteiger partial charge in [-0.2, -0.15) is 15.5 Å². The first-order valence-corrected chi connectivity index (χ1v) is 10.5. The third kappa shape index (κ3) is 3.32. The first-order chi connectivity index (χ1) is 15.5. The molecule has 0 spiro atoms. The molecule has 2 heterocycles. The summed E-state index contributed by atoms with van der Waals surface area (Å²) in [5.41, 5.74) is 9.56. The Kier molecular flexibility index (Phi) is 4.93. The Labute approximate surface area is 188 Å². The number of aromatic nitrogens is 4. The van der Waals surface area contributed by atoms with Crippen molar-refractivity contribution in [2.45, 2.75) is 25.5 Å². The number of aryl methyl sites for hydroxylation is 1. The number of nitrogens with zero attached hydrogens (tertiary/aromatic N) is 4. The Balaban J connectivity index is 1.72. The Morgan fingerprint density at radius 1 is 1.28 bits per heavy atom. The molecule has 8 nitrogen and oxygen atoms in total. The van der Waals surface area contributed by atoms with Gasteiger partial charge in [0.2, 0.25) is 0 Å². The maximum absolute atomic E-state index is 12.2. The van der Waals surface area contributed by atoms with E-state index in [-0.39, 0.29) is 18.2 Å². The number of hydrogen-bond acceptors (Lipinski definition) is 6. The number of aromatic amines is 1. The molecule has 5 rings (SSSR count). The molecule has 32 heavy (non-hydrogen) atoms. The normalized spacial score (nSPS) is 13.3. The van der Waals surface area contributed by atoms with Crippen molar-refractivity contribution in [2.75, 3.05) is 0 Å². The standard InChI is InChI=1S/C23H19ClN6O2/c1-30-21(14-6-7-19(24)22(17(14)9-25)32-13-3-4-13)18(11-27-30)12-2-5-15-16(8-12)20(10-26)28-29-23(15)31/h2,5-8,11,13H,3-4,10,26H2,1H3,(H,29,31). The van der Waals surface area contributed by atoms with E-state index in [4.69, 9.17) is 22.1 Å². The predicted octanol–water partition coefficient (Wildman–Crippen LogP) is 3.52. The summed E-state index contributed by atoms with van der Waals surface area (Å²) in [5, 5.41) is 22.6. The van der Waals surface area contributed by atoms with Crippen LogP contribution in [0.4, 0.5) is 0 Å². The predicted molar refractivity (Wildman–Crippen MR) is 121 cm³/mol. The van der Waals surface area contributed by atoms with E-state index in [1.54, 1.807) is 29.1 Å². The van der Waals surface area contributed by atoms with Crippen LogP contribution < -0.4 is 16.0 Å². The highest BCUT2D eigenvalue weighted by Crippen LogP contribution is 2.42. The number of rotatable bonds is 5. The zero-order valence-electron chi connectivity index (χ0n) is 17.2. The number of ether oxygens (including phenoxy) is 1. The monoisotopic (exact) mass is 446 g/mol. The van der Waals surface area contributed by atoms with Crippen molar-refractivity contribution in [3.63, 3.8) is 0 Å². The van der Waals surface area contributed by atoms with Crippen LogP contribution in [0.5, 0.6) is 5.75 Å². The average molecular weight is 447 g/mol. The largest absolute Gasteiger partial charge is 0.487 e.